The van der Waals surface area contributed by atoms with E-state index in [2.05, 4.69) is 21.2 Å². The van der Waals surface area contributed by atoms with Crippen LogP contribution in [-0.2, 0) is 28.7 Å². The lowest BCUT2D eigenvalue weighted by Crippen LogP contribution is -2.56. The van der Waals surface area contributed by atoms with Crippen molar-refractivity contribution in [1.29, 1.82) is 0 Å². The van der Waals surface area contributed by atoms with Crippen LogP contribution < -0.4 is 15.0 Å². The van der Waals surface area contributed by atoms with E-state index in [1.165, 1.54) is 4.90 Å². The number of amides is 3. The molecule has 2 aromatic carbocycles. The fourth-order valence-corrected chi connectivity index (χ4v) is 7.82. The number of unbranched alkanes of at least 4 members (excludes halogenated alkanes) is 1. The predicted molar refractivity (Wildman–Crippen MR) is 175 cm³/mol. The van der Waals surface area contributed by atoms with Gasteiger partial charge in [-0.2, -0.15) is 0 Å². The number of nitrogens with zero attached hydrogens (tertiary/aromatic N) is 2. The first-order valence-electron chi connectivity index (χ1n) is 15.9. The van der Waals surface area contributed by atoms with E-state index in [0.717, 1.165) is 5.56 Å². The van der Waals surface area contributed by atoms with Gasteiger partial charge in [0.1, 0.15) is 30.1 Å². The number of carbonyl (C=O) groups excluding carboxylic acids is 4. The number of likely N-dealkylation sites (tertiary alicyclic amines) is 1. The van der Waals surface area contributed by atoms with E-state index in [-0.39, 0.29) is 44.5 Å². The number of anilines is 1. The molecule has 0 saturated carbocycles. The SMILES string of the molecule is COc1ccc(N2C/C=C\CCC(=O)OC[C@@H](c3ccccc3)NC(=O)[C@@H]3[C@H]4O[C@@]5(C=C4Br)[C@H](C2=O)N(CCCCO)C(=O)[C@@H]35)cc1. The highest BCUT2D eigenvalue weighted by Crippen LogP contribution is 2.58. The van der Waals surface area contributed by atoms with Crippen LogP contribution >= 0.6 is 15.9 Å². The molecule has 0 radical (unpaired) electrons. The lowest BCUT2D eigenvalue weighted by atomic mass is 9.74. The third kappa shape index (κ3) is 6.21. The number of benzene rings is 2. The molecule has 4 heterocycles. The Balaban J connectivity index is 1.44. The van der Waals surface area contributed by atoms with Gasteiger partial charge in [-0.3, -0.25) is 19.2 Å². The van der Waals surface area contributed by atoms with Gasteiger partial charge in [0, 0.05) is 36.3 Å². The number of nitrogens with one attached hydrogen (secondary N) is 1. The number of cyclic esters (lactones) is 1. The summed E-state index contributed by atoms with van der Waals surface area (Å²) in [4.78, 5) is 59.3. The van der Waals surface area contributed by atoms with E-state index in [1.807, 2.05) is 42.5 Å². The Morgan fingerprint density at radius 1 is 1.02 bits per heavy atom. The van der Waals surface area contributed by atoms with E-state index in [0.29, 0.717) is 35.2 Å². The largest absolute Gasteiger partial charge is 0.497 e. The first-order chi connectivity index (χ1) is 22.8. The van der Waals surface area contributed by atoms with Crippen molar-refractivity contribution in [3.63, 3.8) is 0 Å². The number of carbonyl (C=O) groups is 4. The van der Waals surface area contributed by atoms with Gasteiger partial charge in [-0.1, -0.05) is 58.4 Å². The molecule has 2 N–H and O–H groups in total. The predicted octanol–water partition coefficient (Wildman–Crippen LogP) is 3.42. The molecule has 0 aliphatic carbocycles. The van der Waals surface area contributed by atoms with Crippen molar-refractivity contribution in [2.75, 3.05) is 38.3 Å². The van der Waals surface area contributed by atoms with Gasteiger partial charge in [0.25, 0.3) is 5.91 Å². The van der Waals surface area contributed by atoms with Gasteiger partial charge < -0.3 is 34.4 Å². The highest BCUT2D eigenvalue weighted by atomic mass is 79.9. The molecule has 2 saturated heterocycles. The molecule has 2 fully saturated rings. The summed E-state index contributed by atoms with van der Waals surface area (Å²) in [5, 5.41) is 12.6. The number of hydrogen-bond donors (Lipinski definition) is 2. The fraction of sp³-hybridized carbons (Fsp3) is 0.429. The zero-order valence-electron chi connectivity index (χ0n) is 26.0. The van der Waals surface area contributed by atoms with Gasteiger partial charge in [-0.25, -0.2) is 0 Å². The van der Waals surface area contributed by atoms with Gasteiger partial charge in [-0.15, -0.1) is 0 Å². The topological polar surface area (TPSA) is 135 Å². The van der Waals surface area contributed by atoms with Gasteiger partial charge in [0.15, 0.2) is 0 Å². The van der Waals surface area contributed by atoms with Crippen LogP contribution in [-0.4, -0.2) is 84.9 Å². The number of rotatable bonds is 7. The number of allylic oxidation sites excluding steroid dienone is 1. The van der Waals surface area contributed by atoms with Crippen LogP contribution in [0.5, 0.6) is 5.75 Å². The second-order valence-corrected chi connectivity index (χ2v) is 13.0. The summed E-state index contributed by atoms with van der Waals surface area (Å²) in [6.07, 6.45) is 6.05. The molecular weight excluding hydrogens is 670 g/mol. The van der Waals surface area contributed by atoms with Crippen LogP contribution in [0.15, 0.2) is 77.3 Å². The Labute approximate surface area is 281 Å². The Kier molecular flexibility index (Phi) is 9.81. The molecule has 1 spiro atoms. The van der Waals surface area contributed by atoms with Crippen LogP contribution in [0, 0.1) is 11.8 Å². The Morgan fingerprint density at radius 2 is 1.79 bits per heavy atom. The summed E-state index contributed by atoms with van der Waals surface area (Å²) in [6.45, 7) is 0.219. The molecule has 47 heavy (non-hydrogen) atoms. The van der Waals surface area contributed by atoms with Crippen LogP contribution in [0.25, 0.3) is 0 Å². The lowest BCUT2D eigenvalue weighted by molar-refractivity contribution is -0.145. The molecule has 11 nitrogen and oxygen atoms in total. The summed E-state index contributed by atoms with van der Waals surface area (Å²) < 4.78 is 18.1. The minimum Gasteiger partial charge on any atom is -0.497 e. The molecule has 0 aromatic heterocycles. The van der Waals surface area contributed by atoms with Crippen molar-refractivity contribution in [1.82, 2.24) is 10.2 Å². The zero-order chi connectivity index (χ0) is 33.1. The Hall–Kier alpha value is -4.00. The van der Waals surface area contributed by atoms with Crippen molar-refractivity contribution in [2.45, 2.75) is 49.5 Å². The van der Waals surface area contributed by atoms with E-state index in [1.54, 1.807) is 42.4 Å². The number of aliphatic hydroxyl groups excluding tert-OH is 1. The first-order valence-corrected chi connectivity index (χ1v) is 16.7. The van der Waals surface area contributed by atoms with Crippen molar-refractivity contribution >= 4 is 45.3 Å². The third-order valence-corrected chi connectivity index (χ3v) is 10.00. The molecule has 12 heteroatoms. The molecule has 248 valence electrons. The number of hydrogen-bond acceptors (Lipinski definition) is 8. The normalized spacial score (nSPS) is 30.1. The standard InChI is InChI=1S/C35H38BrN3O8/c1-45-24-15-13-23(14-16-24)38-17-7-3-6-12-27(41)46-21-26(22-10-4-2-5-11-22)37-32(42)28-29-33(43)39(18-8-9-19-40)31(34(38)44)35(29)20-25(36)30(28)47-35/h2-5,7,10-11,13-16,20,26,28-31,40H,6,8-9,12,17-19,21H2,1H3,(H,37,42)/b7-3-/t26-,28-,29+,30-,31-,35+/m0/s1. The molecule has 5 bridgehead atoms. The molecule has 4 aliphatic rings. The zero-order valence-corrected chi connectivity index (χ0v) is 27.6. The van der Waals surface area contributed by atoms with E-state index in [9.17, 15) is 24.3 Å². The maximum Gasteiger partial charge on any atom is 0.306 e. The van der Waals surface area contributed by atoms with Crippen LogP contribution in [0.3, 0.4) is 0 Å². The smallest absolute Gasteiger partial charge is 0.306 e. The lowest BCUT2D eigenvalue weighted by Gasteiger charge is -2.36. The monoisotopic (exact) mass is 707 g/mol. The Morgan fingerprint density at radius 3 is 2.51 bits per heavy atom. The quantitative estimate of drug-likeness (QED) is 0.254. The second-order valence-electron chi connectivity index (χ2n) is 12.1. The number of fused-ring (bicyclic) bond motifs is 2. The van der Waals surface area contributed by atoms with E-state index in [4.69, 9.17) is 14.2 Å². The average Bonchev–Trinajstić information content (AvgIpc) is 3.67. The maximum atomic E-state index is 14.9. The van der Waals surface area contributed by atoms with E-state index >= 15 is 0 Å². The minimum absolute atomic E-state index is 0.0571. The van der Waals surface area contributed by atoms with Crippen molar-refractivity contribution in [3.8, 4) is 5.75 Å². The molecule has 3 amide bonds. The molecule has 6 rings (SSSR count). The summed E-state index contributed by atoms with van der Waals surface area (Å²) in [5.74, 6) is -2.89. The van der Waals surface area contributed by atoms with Gasteiger partial charge >= 0.3 is 5.97 Å². The number of halogens is 1. The summed E-state index contributed by atoms with van der Waals surface area (Å²) in [7, 11) is 1.56. The molecule has 0 unspecified atom stereocenters. The van der Waals surface area contributed by atoms with Crippen LogP contribution in [0.4, 0.5) is 5.69 Å². The maximum absolute atomic E-state index is 14.9. The van der Waals surface area contributed by atoms with Crippen molar-refractivity contribution in [2.24, 2.45) is 11.8 Å². The molecule has 4 aliphatic heterocycles. The van der Waals surface area contributed by atoms with Gasteiger partial charge in [0.05, 0.1) is 25.0 Å². The average molecular weight is 709 g/mol. The highest BCUT2D eigenvalue weighted by molar-refractivity contribution is 9.11. The molecular formula is C35H38BrN3O8. The number of esters is 1. The van der Waals surface area contributed by atoms with Gasteiger partial charge in [0.2, 0.25) is 11.8 Å². The summed E-state index contributed by atoms with van der Waals surface area (Å²) in [5.41, 5.74) is -0.0851. The summed E-state index contributed by atoms with van der Waals surface area (Å²) in [6, 6.07) is 14.5. The highest BCUT2D eigenvalue weighted by Gasteiger charge is 2.74. The number of methoxy groups -OCH3 is 1. The van der Waals surface area contributed by atoms with Crippen molar-refractivity contribution in [3.05, 3.63) is 82.9 Å². The van der Waals surface area contributed by atoms with Crippen LogP contribution in [0.2, 0.25) is 0 Å². The number of ether oxygens (including phenoxy) is 3. The number of aliphatic hydroxyl groups is 1. The van der Waals surface area contributed by atoms with Gasteiger partial charge in [-0.05, 0) is 55.2 Å². The molecule has 6 atom stereocenters. The van der Waals surface area contributed by atoms with Crippen LogP contribution in [0.1, 0.15) is 37.3 Å². The van der Waals surface area contributed by atoms with Crippen molar-refractivity contribution < 1.29 is 38.5 Å². The summed E-state index contributed by atoms with van der Waals surface area (Å²) >= 11 is 3.60. The first kappa shape index (κ1) is 32.9. The minimum atomic E-state index is -1.41. The third-order valence-electron chi connectivity index (χ3n) is 9.32. The second kappa shape index (κ2) is 14.0. The Bertz CT molecular complexity index is 1560. The van der Waals surface area contributed by atoms with E-state index < -0.39 is 47.5 Å². The molecule has 2 aromatic rings. The fourth-order valence-electron chi connectivity index (χ4n) is 7.08.